The van der Waals surface area contributed by atoms with Crippen LogP contribution < -0.4 is 0 Å². The third-order valence-electron chi connectivity index (χ3n) is 5.07. The van der Waals surface area contributed by atoms with Crippen molar-refractivity contribution >= 4 is 16.3 Å². The summed E-state index contributed by atoms with van der Waals surface area (Å²) in [6, 6.07) is 15.1. The Morgan fingerprint density at radius 2 is 1.64 bits per heavy atom. The molecule has 0 saturated carbocycles. The van der Waals surface area contributed by atoms with Gasteiger partial charge in [-0.25, -0.2) is 0 Å². The van der Waals surface area contributed by atoms with E-state index in [4.69, 9.17) is 9.72 Å². The van der Waals surface area contributed by atoms with Crippen LogP contribution in [0.5, 0.6) is 0 Å². The maximum atomic E-state index is 6.25. The summed E-state index contributed by atoms with van der Waals surface area (Å²) in [5, 5.41) is 2.45. The Bertz CT molecular complexity index is 982. The quantitative estimate of drug-likeness (QED) is 0.620. The van der Waals surface area contributed by atoms with Crippen molar-refractivity contribution < 1.29 is 4.74 Å². The summed E-state index contributed by atoms with van der Waals surface area (Å²) in [4.78, 5) is 4.73. The zero-order valence-electron chi connectivity index (χ0n) is 15.3. The lowest BCUT2D eigenvalue weighted by Gasteiger charge is -2.23. The summed E-state index contributed by atoms with van der Waals surface area (Å²) in [5.41, 5.74) is 6.74. The van der Waals surface area contributed by atoms with Gasteiger partial charge < -0.3 is 4.74 Å². The van der Waals surface area contributed by atoms with Crippen molar-refractivity contribution in [1.82, 2.24) is 4.98 Å². The molecular weight excluding hydrogens is 306 g/mol. The Balaban J connectivity index is 1.83. The van der Waals surface area contributed by atoms with Gasteiger partial charge in [-0.1, -0.05) is 53.6 Å². The molecule has 4 rings (SSSR count). The van der Waals surface area contributed by atoms with E-state index in [0.717, 1.165) is 11.3 Å². The molecule has 2 heteroatoms. The van der Waals surface area contributed by atoms with Crippen molar-refractivity contribution in [3.8, 4) is 0 Å². The second-order valence-corrected chi connectivity index (χ2v) is 7.28. The second kappa shape index (κ2) is 5.82. The summed E-state index contributed by atoms with van der Waals surface area (Å²) >= 11 is 0. The molecule has 3 aromatic rings. The number of pyridine rings is 1. The van der Waals surface area contributed by atoms with Crippen molar-refractivity contribution in [3.05, 3.63) is 82.7 Å². The predicted octanol–water partition coefficient (Wildman–Crippen LogP) is 5.49. The highest BCUT2D eigenvalue weighted by Crippen LogP contribution is 2.39. The standard InChI is InChI=1S/C23H23NO/c1-15-9-16(2)11-19(10-15)23(4)12-18(14-25-23)22-21-8-6-5-7-20(21)17(3)13-24-22/h5-13H,14H2,1-4H3/t23-/m0/s1. The molecular formula is C23H23NO. The third-order valence-corrected chi connectivity index (χ3v) is 5.07. The molecule has 1 aliphatic heterocycles. The molecule has 25 heavy (non-hydrogen) atoms. The first-order valence-electron chi connectivity index (χ1n) is 8.75. The Morgan fingerprint density at radius 1 is 0.960 bits per heavy atom. The topological polar surface area (TPSA) is 22.1 Å². The Hall–Kier alpha value is -2.45. The maximum absolute atomic E-state index is 6.25. The molecule has 0 fully saturated rings. The van der Waals surface area contributed by atoms with E-state index in [9.17, 15) is 0 Å². The fourth-order valence-electron chi connectivity index (χ4n) is 3.80. The number of hydrogen-bond donors (Lipinski definition) is 0. The van der Waals surface area contributed by atoms with E-state index >= 15 is 0 Å². The van der Waals surface area contributed by atoms with Gasteiger partial charge in [-0.15, -0.1) is 0 Å². The molecule has 2 aromatic carbocycles. The SMILES string of the molecule is Cc1cc(C)cc([C@]2(C)C=C(c3ncc(C)c4ccccc34)CO2)c1. The van der Waals surface area contributed by atoms with Crippen molar-refractivity contribution in [2.45, 2.75) is 33.3 Å². The van der Waals surface area contributed by atoms with Crippen LogP contribution in [0.4, 0.5) is 0 Å². The van der Waals surface area contributed by atoms with Crippen LogP contribution in [0.15, 0.2) is 54.7 Å². The number of aromatic nitrogens is 1. The largest absolute Gasteiger partial charge is 0.362 e. The number of aryl methyl sites for hydroxylation is 3. The zero-order chi connectivity index (χ0) is 17.6. The van der Waals surface area contributed by atoms with Gasteiger partial charge in [0.2, 0.25) is 0 Å². The molecule has 0 unspecified atom stereocenters. The van der Waals surface area contributed by atoms with Gasteiger partial charge in [0, 0.05) is 17.2 Å². The minimum absolute atomic E-state index is 0.403. The van der Waals surface area contributed by atoms with Gasteiger partial charge in [0.05, 0.1) is 12.3 Å². The third kappa shape index (κ3) is 2.77. The summed E-state index contributed by atoms with van der Waals surface area (Å²) < 4.78 is 6.25. The van der Waals surface area contributed by atoms with E-state index in [1.54, 1.807) is 0 Å². The van der Waals surface area contributed by atoms with Crippen molar-refractivity contribution in [3.63, 3.8) is 0 Å². The van der Waals surface area contributed by atoms with Crippen molar-refractivity contribution in [2.75, 3.05) is 6.61 Å². The van der Waals surface area contributed by atoms with Gasteiger partial charge in [0.15, 0.2) is 0 Å². The fourth-order valence-corrected chi connectivity index (χ4v) is 3.80. The predicted molar refractivity (Wildman–Crippen MR) is 104 cm³/mol. The number of rotatable bonds is 2. The molecule has 0 spiro atoms. The molecule has 1 atom stereocenters. The van der Waals surface area contributed by atoms with Crippen LogP contribution in [0, 0.1) is 20.8 Å². The van der Waals surface area contributed by atoms with E-state index in [1.165, 1.54) is 33.0 Å². The summed E-state index contributed by atoms with van der Waals surface area (Å²) in [5.74, 6) is 0. The van der Waals surface area contributed by atoms with Crippen molar-refractivity contribution in [2.24, 2.45) is 0 Å². The second-order valence-electron chi connectivity index (χ2n) is 7.28. The average molecular weight is 329 g/mol. The number of nitrogens with zero attached hydrogens (tertiary/aromatic N) is 1. The van der Waals surface area contributed by atoms with Gasteiger partial charge in [-0.2, -0.15) is 0 Å². The molecule has 0 amide bonds. The summed E-state index contributed by atoms with van der Waals surface area (Å²) in [7, 11) is 0. The smallest absolute Gasteiger partial charge is 0.110 e. The van der Waals surface area contributed by atoms with Crippen molar-refractivity contribution in [1.29, 1.82) is 0 Å². The lowest BCUT2D eigenvalue weighted by Crippen LogP contribution is -2.19. The van der Waals surface area contributed by atoms with Crippen LogP contribution in [0.25, 0.3) is 16.3 Å². The zero-order valence-corrected chi connectivity index (χ0v) is 15.3. The van der Waals surface area contributed by atoms with Crippen LogP contribution in [0.2, 0.25) is 0 Å². The molecule has 0 bridgehead atoms. The van der Waals surface area contributed by atoms with Crippen LogP contribution >= 0.6 is 0 Å². The van der Waals surface area contributed by atoms with Crippen LogP contribution in [0.1, 0.15) is 34.9 Å². The van der Waals surface area contributed by atoms with Gasteiger partial charge >= 0.3 is 0 Å². The highest BCUT2D eigenvalue weighted by molar-refractivity contribution is 5.94. The number of benzene rings is 2. The Labute approximate surface area is 149 Å². The Morgan fingerprint density at radius 3 is 2.36 bits per heavy atom. The van der Waals surface area contributed by atoms with Gasteiger partial charge in [0.25, 0.3) is 0 Å². The highest BCUT2D eigenvalue weighted by Gasteiger charge is 2.32. The first-order valence-corrected chi connectivity index (χ1v) is 8.75. The first kappa shape index (κ1) is 16.0. The summed E-state index contributed by atoms with van der Waals surface area (Å²) in [6.45, 7) is 9.11. The summed E-state index contributed by atoms with van der Waals surface area (Å²) in [6.07, 6.45) is 4.20. The van der Waals surface area contributed by atoms with E-state index < -0.39 is 5.60 Å². The van der Waals surface area contributed by atoms with E-state index in [2.05, 4.69) is 76.2 Å². The lowest BCUT2D eigenvalue weighted by molar-refractivity contribution is 0.0404. The first-order chi connectivity index (χ1) is 12.0. The van der Waals surface area contributed by atoms with Gasteiger partial charge in [0.1, 0.15) is 5.60 Å². The van der Waals surface area contributed by atoms with Gasteiger partial charge in [-0.05, 0) is 50.3 Å². The number of ether oxygens (including phenoxy) is 1. The lowest BCUT2D eigenvalue weighted by atomic mass is 9.91. The minimum Gasteiger partial charge on any atom is -0.362 e. The van der Waals surface area contributed by atoms with E-state index in [-0.39, 0.29) is 0 Å². The average Bonchev–Trinajstić information content (AvgIpc) is 2.98. The monoisotopic (exact) mass is 329 g/mol. The molecule has 1 aromatic heterocycles. The van der Waals surface area contributed by atoms with Crippen LogP contribution in [-0.2, 0) is 10.3 Å². The molecule has 0 radical (unpaired) electrons. The van der Waals surface area contributed by atoms with E-state index in [1.807, 2.05) is 6.20 Å². The fraction of sp³-hybridized carbons (Fsp3) is 0.261. The minimum atomic E-state index is -0.403. The molecule has 0 aliphatic carbocycles. The van der Waals surface area contributed by atoms with E-state index in [0.29, 0.717) is 6.61 Å². The molecule has 0 saturated heterocycles. The molecule has 0 N–H and O–H groups in total. The van der Waals surface area contributed by atoms with Crippen LogP contribution in [-0.4, -0.2) is 11.6 Å². The molecule has 1 aliphatic rings. The maximum Gasteiger partial charge on any atom is 0.110 e. The van der Waals surface area contributed by atoms with Gasteiger partial charge in [-0.3, -0.25) is 4.98 Å². The number of fused-ring (bicyclic) bond motifs is 1. The molecule has 2 heterocycles. The van der Waals surface area contributed by atoms with Crippen LogP contribution in [0.3, 0.4) is 0 Å². The highest BCUT2D eigenvalue weighted by atomic mass is 16.5. The number of hydrogen-bond acceptors (Lipinski definition) is 2. The Kier molecular flexibility index (Phi) is 3.73. The molecule has 2 nitrogen and oxygen atoms in total. The molecule has 126 valence electrons. The normalized spacial score (nSPS) is 20.1.